The predicted octanol–water partition coefficient (Wildman–Crippen LogP) is 3.52. The number of ether oxygens (including phenoxy) is 1. The maximum Gasteiger partial charge on any atom is 0.0518 e. The molecule has 1 nitrogen and oxygen atoms in total. The molecule has 1 atom stereocenters. The third-order valence-corrected chi connectivity index (χ3v) is 3.68. The standard InChI is InChI=1S/C12H19ClO/c13-12-4-2-1-3-11(9-12)10-5-7-14-8-6-10/h9-10,12H,1-8H2. The minimum absolute atomic E-state index is 0.287. The molecular formula is C12H19ClO. The van der Waals surface area contributed by atoms with Crippen LogP contribution in [0.4, 0.5) is 0 Å². The first-order valence-electron chi connectivity index (χ1n) is 5.78. The van der Waals surface area contributed by atoms with Crippen molar-refractivity contribution in [3.8, 4) is 0 Å². The van der Waals surface area contributed by atoms with Crippen LogP contribution in [0.5, 0.6) is 0 Å². The second-order valence-corrected chi connectivity index (χ2v) is 4.95. The molecule has 14 heavy (non-hydrogen) atoms. The van der Waals surface area contributed by atoms with E-state index in [4.69, 9.17) is 16.3 Å². The summed E-state index contributed by atoms with van der Waals surface area (Å²) < 4.78 is 5.39. The molecule has 0 aromatic heterocycles. The van der Waals surface area contributed by atoms with E-state index >= 15 is 0 Å². The molecule has 2 heteroatoms. The van der Waals surface area contributed by atoms with Gasteiger partial charge < -0.3 is 4.74 Å². The molecule has 0 aromatic rings. The molecule has 0 radical (unpaired) electrons. The zero-order valence-electron chi connectivity index (χ0n) is 8.68. The smallest absolute Gasteiger partial charge is 0.0518 e. The van der Waals surface area contributed by atoms with Gasteiger partial charge in [-0.05, 0) is 38.0 Å². The fourth-order valence-corrected chi connectivity index (χ4v) is 2.79. The molecule has 0 spiro atoms. The van der Waals surface area contributed by atoms with Crippen molar-refractivity contribution in [2.75, 3.05) is 13.2 Å². The van der Waals surface area contributed by atoms with E-state index in [1.54, 1.807) is 5.57 Å². The average molecular weight is 215 g/mol. The molecule has 1 aliphatic carbocycles. The van der Waals surface area contributed by atoms with Gasteiger partial charge in [-0.2, -0.15) is 0 Å². The molecule has 0 aromatic carbocycles. The lowest BCUT2D eigenvalue weighted by atomic mass is 9.88. The van der Waals surface area contributed by atoms with Crippen molar-refractivity contribution in [1.29, 1.82) is 0 Å². The minimum Gasteiger partial charge on any atom is -0.381 e. The SMILES string of the molecule is ClC1C=C(C2CCOCC2)CCCC1. The number of hydrogen-bond acceptors (Lipinski definition) is 1. The van der Waals surface area contributed by atoms with E-state index in [-0.39, 0.29) is 5.38 Å². The van der Waals surface area contributed by atoms with Crippen LogP contribution in [0.15, 0.2) is 11.6 Å². The molecule has 1 fully saturated rings. The minimum atomic E-state index is 0.287. The van der Waals surface area contributed by atoms with Crippen LogP contribution in [0.1, 0.15) is 38.5 Å². The van der Waals surface area contributed by atoms with Crippen LogP contribution in [0.3, 0.4) is 0 Å². The van der Waals surface area contributed by atoms with Gasteiger partial charge in [-0.1, -0.05) is 18.1 Å². The van der Waals surface area contributed by atoms with E-state index in [0.717, 1.165) is 25.6 Å². The third-order valence-electron chi connectivity index (χ3n) is 3.34. The molecule has 0 amide bonds. The molecule has 2 rings (SSSR count). The molecular weight excluding hydrogens is 196 g/mol. The average Bonchev–Trinajstić information content (AvgIpc) is 2.44. The normalized spacial score (nSPS) is 30.9. The molecule has 0 N–H and O–H groups in total. The Morgan fingerprint density at radius 1 is 1.14 bits per heavy atom. The Balaban J connectivity index is 1.98. The van der Waals surface area contributed by atoms with Crippen LogP contribution in [0, 0.1) is 5.92 Å². The Labute approximate surface area is 91.5 Å². The van der Waals surface area contributed by atoms with Gasteiger partial charge in [0.2, 0.25) is 0 Å². The highest BCUT2D eigenvalue weighted by atomic mass is 35.5. The van der Waals surface area contributed by atoms with Crippen LogP contribution >= 0.6 is 11.6 Å². The van der Waals surface area contributed by atoms with Gasteiger partial charge in [-0.3, -0.25) is 0 Å². The molecule has 0 bridgehead atoms. The Kier molecular flexibility index (Phi) is 3.89. The van der Waals surface area contributed by atoms with Gasteiger partial charge in [0, 0.05) is 13.2 Å². The molecule has 1 saturated heterocycles. The zero-order chi connectivity index (χ0) is 9.80. The van der Waals surface area contributed by atoms with Crippen molar-refractivity contribution in [2.24, 2.45) is 5.92 Å². The van der Waals surface area contributed by atoms with E-state index in [9.17, 15) is 0 Å². The first kappa shape index (κ1) is 10.5. The lowest BCUT2D eigenvalue weighted by Crippen LogP contribution is -2.17. The largest absolute Gasteiger partial charge is 0.381 e. The quantitative estimate of drug-likeness (QED) is 0.480. The van der Waals surface area contributed by atoms with Gasteiger partial charge in [0.15, 0.2) is 0 Å². The maximum absolute atomic E-state index is 6.23. The topological polar surface area (TPSA) is 9.23 Å². The number of halogens is 1. The van der Waals surface area contributed by atoms with Crippen LogP contribution in [0.2, 0.25) is 0 Å². The van der Waals surface area contributed by atoms with Crippen LogP contribution in [-0.2, 0) is 4.74 Å². The van der Waals surface area contributed by atoms with Crippen molar-refractivity contribution >= 4 is 11.6 Å². The third kappa shape index (κ3) is 2.74. The molecule has 1 heterocycles. The second-order valence-electron chi connectivity index (χ2n) is 4.39. The van der Waals surface area contributed by atoms with E-state index in [1.165, 1.54) is 32.1 Å². The first-order chi connectivity index (χ1) is 6.86. The van der Waals surface area contributed by atoms with Gasteiger partial charge in [0.1, 0.15) is 0 Å². The summed E-state index contributed by atoms with van der Waals surface area (Å²) in [6.45, 7) is 1.88. The number of hydrogen-bond donors (Lipinski definition) is 0. The van der Waals surface area contributed by atoms with Gasteiger partial charge in [0.25, 0.3) is 0 Å². The number of allylic oxidation sites excluding steroid dienone is 2. The summed E-state index contributed by atoms with van der Waals surface area (Å²) >= 11 is 6.23. The number of rotatable bonds is 1. The Morgan fingerprint density at radius 3 is 2.71 bits per heavy atom. The summed E-state index contributed by atoms with van der Waals surface area (Å²) in [6.07, 6.45) is 9.78. The van der Waals surface area contributed by atoms with Gasteiger partial charge in [-0.15, -0.1) is 11.6 Å². The highest BCUT2D eigenvalue weighted by Crippen LogP contribution is 2.31. The highest BCUT2D eigenvalue weighted by molar-refractivity contribution is 6.21. The molecule has 1 aliphatic heterocycles. The van der Waals surface area contributed by atoms with Crippen molar-refractivity contribution in [3.05, 3.63) is 11.6 Å². The molecule has 1 unspecified atom stereocenters. The lowest BCUT2D eigenvalue weighted by molar-refractivity contribution is 0.0749. The Morgan fingerprint density at radius 2 is 1.93 bits per heavy atom. The molecule has 0 saturated carbocycles. The highest BCUT2D eigenvalue weighted by Gasteiger charge is 2.20. The summed E-state index contributed by atoms with van der Waals surface area (Å²) in [6, 6.07) is 0. The van der Waals surface area contributed by atoms with Crippen molar-refractivity contribution in [1.82, 2.24) is 0 Å². The summed E-state index contributed by atoms with van der Waals surface area (Å²) in [5, 5.41) is 0.287. The summed E-state index contributed by atoms with van der Waals surface area (Å²) in [7, 11) is 0. The first-order valence-corrected chi connectivity index (χ1v) is 6.22. The summed E-state index contributed by atoms with van der Waals surface area (Å²) in [5.74, 6) is 0.767. The van der Waals surface area contributed by atoms with Crippen molar-refractivity contribution in [2.45, 2.75) is 43.9 Å². The Bertz CT molecular complexity index is 206. The maximum atomic E-state index is 6.23. The van der Waals surface area contributed by atoms with Gasteiger partial charge in [-0.25, -0.2) is 0 Å². The van der Waals surface area contributed by atoms with Gasteiger partial charge in [0.05, 0.1) is 5.38 Å². The molecule has 80 valence electrons. The van der Waals surface area contributed by atoms with Crippen molar-refractivity contribution in [3.63, 3.8) is 0 Å². The van der Waals surface area contributed by atoms with Crippen LogP contribution < -0.4 is 0 Å². The van der Waals surface area contributed by atoms with E-state index < -0.39 is 0 Å². The zero-order valence-corrected chi connectivity index (χ0v) is 9.43. The van der Waals surface area contributed by atoms with E-state index in [2.05, 4.69) is 6.08 Å². The van der Waals surface area contributed by atoms with Crippen molar-refractivity contribution < 1.29 is 4.74 Å². The van der Waals surface area contributed by atoms with Gasteiger partial charge >= 0.3 is 0 Å². The van der Waals surface area contributed by atoms with E-state index in [1.807, 2.05) is 0 Å². The Hall–Kier alpha value is -0.0100. The second kappa shape index (κ2) is 5.18. The lowest BCUT2D eigenvalue weighted by Gasteiger charge is -2.24. The van der Waals surface area contributed by atoms with E-state index in [0.29, 0.717) is 0 Å². The van der Waals surface area contributed by atoms with Crippen LogP contribution in [0.25, 0.3) is 0 Å². The van der Waals surface area contributed by atoms with Crippen LogP contribution in [-0.4, -0.2) is 18.6 Å². The summed E-state index contributed by atoms with van der Waals surface area (Å²) in [5.41, 5.74) is 1.62. The summed E-state index contributed by atoms with van der Waals surface area (Å²) in [4.78, 5) is 0. The number of alkyl halides is 1. The monoisotopic (exact) mass is 214 g/mol. The fraction of sp³-hybridized carbons (Fsp3) is 0.833. The molecule has 2 aliphatic rings. The predicted molar refractivity (Wildman–Crippen MR) is 59.7 cm³/mol. The fourth-order valence-electron chi connectivity index (χ4n) is 2.48.